The molecule has 0 bridgehead atoms. The standard InChI is InChI=1S/C63H98O6/c1-4-7-10-13-16-19-21-23-25-26-27-28-29-30-31-32-33-34-35-36-38-39-41-44-47-50-53-56-62(65)68-59-60(58-67-61(64)55-52-49-46-43-18-15-12-9-6-3)69-63(66)57-54-51-48-45-42-40-37-24-22-20-17-14-11-8-5-2/h7-8,10-11,16-17,19-20,23-25,27-28,30-31,33-34,36-38,41-42,44-45,60H,4-6,9,12-15,18,21-22,26,29,32,35,39-40,43,46-59H2,1-3H3/b10-7-,11-8-,19-16-,20-17-,25-23-,28-27-,31-30-,34-33-,37-24-,38-36-,44-41-,45-42-. The number of unbranched alkanes of at least 4 members (excludes halogenated alkanes) is 12. The fraction of sp³-hybridized carbons (Fsp3) is 0.571. The number of allylic oxidation sites excluding steroid dienone is 24. The van der Waals surface area contributed by atoms with Gasteiger partial charge in [0.2, 0.25) is 0 Å². The van der Waals surface area contributed by atoms with Crippen LogP contribution in [-0.4, -0.2) is 37.2 Å². The van der Waals surface area contributed by atoms with Crippen molar-refractivity contribution in [2.75, 3.05) is 13.2 Å². The molecule has 0 aliphatic carbocycles. The van der Waals surface area contributed by atoms with Gasteiger partial charge in [-0.3, -0.25) is 14.4 Å². The maximum Gasteiger partial charge on any atom is 0.306 e. The Kier molecular flexibility index (Phi) is 52.1. The first-order valence-electron chi connectivity index (χ1n) is 27.3. The molecule has 1 unspecified atom stereocenters. The molecule has 0 aromatic heterocycles. The predicted octanol–water partition coefficient (Wildman–Crippen LogP) is 18.4. The van der Waals surface area contributed by atoms with E-state index in [-0.39, 0.29) is 44.0 Å². The number of carbonyl (C=O) groups is 3. The summed E-state index contributed by atoms with van der Waals surface area (Å²) in [6, 6.07) is 0. The van der Waals surface area contributed by atoms with Crippen LogP contribution in [-0.2, 0) is 28.6 Å². The van der Waals surface area contributed by atoms with E-state index in [1.807, 2.05) is 0 Å². The lowest BCUT2D eigenvalue weighted by Gasteiger charge is -2.18. The van der Waals surface area contributed by atoms with E-state index in [2.05, 4.69) is 167 Å². The molecule has 1 atom stereocenters. The summed E-state index contributed by atoms with van der Waals surface area (Å²) < 4.78 is 16.7. The van der Waals surface area contributed by atoms with E-state index in [1.165, 1.54) is 38.5 Å². The summed E-state index contributed by atoms with van der Waals surface area (Å²) >= 11 is 0. The van der Waals surface area contributed by atoms with Crippen molar-refractivity contribution in [2.24, 2.45) is 0 Å². The maximum atomic E-state index is 12.8. The number of hydrogen-bond donors (Lipinski definition) is 0. The minimum atomic E-state index is -0.821. The van der Waals surface area contributed by atoms with Crippen LogP contribution in [0.4, 0.5) is 0 Å². The summed E-state index contributed by atoms with van der Waals surface area (Å²) in [5, 5.41) is 0. The van der Waals surface area contributed by atoms with E-state index in [9.17, 15) is 14.4 Å². The Morgan fingerprint density at radius 3 is 0.884 bits per heavy atom. The van der Waals surface area contributed by atoms with Crippen molar-refractivity contribution in [1.29, 1.82) is 0 Å². The van der Waals surface area contributed by atoms with Crippen LogP contribution in [0.2, 0.25) is 0 Å². The molecule has 69 heavy (non-hydrogen) atoms. The molecule has 0 aromatic carbocycles. The van der Waals surface area contributed by atoms with Gasteiger partial charge in [-0.05, 0) is 122 Å². The number of hydrogen-bond acceptors (Lipinski definition) is 6. The van der Waals surface area contributed by atoms with E-state index >= 15 is 0 Å². The van der Waals surface area contributed by atoms with Gasteiger partial charge < -0.3 is 14.2 Å². The molecule has 0 amide bonds. The minimum absolute atomic E-state index is 0.113. The summed E-state index contributed by atoms with van der Waals surface area (Å²) in [5.41, 5.74) is 0. The zero-order chi connectivity index (χ0) is 50.0. The third-order valence-electron chi connectivity index (χ3n) is 10.8. The summed E-state index contributed by atoms with van der Waals surface area (Å²) in [6.07, 6.45) is 79.9. The van der Waals surface area contributed by atoms with Gasteiger partial charge in [-0.1, -0.05) is 218 Å². The van der Waals surface area contributed by atoms with Crippen LogP contribution >= 0.6 is 0 Å². The van der Waals surface area contributed by atoms with Crippen molar-refractivity contribution in [3.8, 4) is 0 Å². The molecule has 0 radical (unpaired) electrons. The van der Waals surface area contributed by atoms with E-state index < -0.39 is 6.10 Å². The van der Waals surface area contributed by atoms with Gasteiger partial charge in [0.15, 0.2) is 6.10 Å². The van der Waals surface area contributed by atoms with Crippen LogP contribution in [0.15, 0.2) is 146 Å². The fourth-order valence-electron chi connectivity index (χ4n) is 6.80. The third kappa shape index (κ3) is 54.1. The Morgan fingerprint density at radius 1 is 0.304 bits per heavy atom. The zero-order valence-corrected chi connectivity index (χ0v) is 44.0. The van der Waals surface area contributed by atoms with Crippen LogP contribution in [0.5, 0.6) is 0 Å². The van der Waals surface area contributed by atoms with Gasteiger partial charge in [-0.15, -0.1) is 0 Å². The van der Waals surface area contributed by atoms with Crippen LogP contribution in [0.3, 0.4) is 0 Å². The lowest BCUT2D eigenvalue weighted by Crippen LogP contribution is -2.30. The average molecular weight is 951 g/mol. The Morgan fingerprint density at radius 2 is 0.565 bits per heavy atom. The maximum absolute atomic E-state index is 12.8. The highest BCUT2D eigenvalue weighted by Crippen LogP contribution is 2.12. The molecule has 0 aliphatic heterocycles. The molecule has 0 N–H and O–H groups in total. The van der Waals surface area contributed by atoms with E-state index in [1.54, 1.807) is 0 Å². The first kappa shape index (κ1) is 64.3. The second kappa shape index (κ2) is 55.9. The first-order chi connectivity index (χ1) is 34.0. The topological polar surface area (TPSA) is 78.9 Å². The minimum Gasteiger partial charge on any atom is -0.462 e. The lowest BCUT2D eigenvalue weighted by atomic mass is 10.1. The van der Waals surface area contributed by atoms with Gasteiger partial charge in [-0.2, -0.15) is 0 Å². The molecule has 6 nitrogen and oxygen atoms in total. The van der Waals surface area contributed by atoms with Gasteiger partial charge >= 0.3 is 17.9 Å². The average Bonchev–Trinajstić information content (AvgIpc) is 3.35. The van der Waals surface area contributed by atoms with Crippen LogP contribution < -0.4 is 0 Å². The normalized spacial score (nSPS) is 13.3. The van der Waals surface area contributed by atoms with Crippen molar-refractivity contribution in [3.05, 3.63) is 146 Å². The monoisotopic (exact) mass is 951 g/mol. The third-order valence-corrected chi connectivity index (χ3v) is 10.8. The SMILES string of the molecule is CC/C=C\C/C=C\C/C=C\C/C=C\C/C=C\C/C=C\C/C=C\C/C=C\CCCCC(=O)OCC(COC(=O)CCCCCCCCCCC)OC(=O)CCCC/C=C\C/C=C\C/C=C\C/C=C\CC. The largest absolute Gasteiger partial charge is 0.462 e. The molecular weight excluding hydrogens is 853 g/mol. The highest BCUT2D eigenvalue weighted by molar-refractivity contribution is 5.71. The second-order valence-corrected chi connectivity index (χ2v) is 17.4. The van der Waals surface area contributed by atoms with Gasteiger partial charge in [0.25, 0.3) is 0 Å². The molecular formula is C63H98O6. The molecule has 386 valence electrons. The highest BCUT2D eigenvalue weighted by atomic mass is 16.6. The van der Waals surface area contributed by atoms with E-state index in [0.29, 0.717) is 19.3 Å². The summed E-state index contributed by atoms with van der Waals surface area (Å²) in [7, 11) is 0. The molecule has 0 fully saturated rings. The molecule has 0 aliphatic rings. The van der Waals surface area contributed by atoms with Gasteiger partial charge in [0, 0.05) is 19.3 Å². The van der Waals surface area contributed by atoms with E-state index in [4.69, 9.17) is 14.2 Å². The van der Waals surface area contributed by atoms with E-state index in [0.717, 1.165) is 122 Å². The number of carbonyl (C=O) groups excluding carboxylic acids is 3. The number of rotatable bonds is 47. The Bertz CT molecular complexity index is 1560. The van der Waals surface area contributed by atoms with Gasteiger partial charge in [0.1, 0.15) is 13.2 Å². The summed E-state index contributed by atoms with van der Waals surface area (Å²) in [6.45, 7) is 6.29. The van der Waals surface area contributed by atoms with Gasteiger partial charge in [0.05, 0.1) is 0 Å². The van der Waals surface area contributed by atoms with Crippen molar-refractivity contribution in [2.45, 2.75) is 219 Å². The van der Waals surface area contributed by atoms with Crippen LogP contribution in [0, 0.1) is 0 Å². The highest BCUT2D eigenvalue weighted by Gasteiger charge is 2.19. The molecule has 0 spiro atoms. The Hall–Kier alpha value is -4.71. The lowest BCUT2D eigenvalue weighted by molar-refractivity contribution is -0.167. The van der Waals surface area contributed by atoms with Crippen LogP contribution in [0.25, 0.3) is 0 Å². The number of esters is 3. The first-order valence-corrected chi connectivity index (χ1v) is 27.3. The molecule has 0 rings (SSSR count). The van der Waals surface area contributed by atoms with Crippen molar-refractivity contribution < 1.29 is 28.6 Å². The second-order valence-electron chi connectivity index (χ2n) is 17.4. The Labute approximate surface area is 423 Å². The number of ether oxygens (including phenoxy) is 3. The zero-order valence-electron chi connectivity index (χ0n) is 44.0. The van der Waals surface area contributed by atoms with Crippen LogP contribution in [0.1, 0.15) is 213 Å². The molecule has 6 heteroatoms. The predicted molar refractivity (Wildman–Crippen MR) is 297 cm³/mol. The van der Waals surface area contributed by atoms with Crippen molar-refractivity contribution in [1.82, 2.24) is 0 Å². The molecule has 0 saturated carbocycles. The molecule has 0 saturated heterocycles. The van der Waals surface area contributed by atoms with Crippen molar-refractivity contribution in [3.63, 3.8) is 0 Å². The van der Waals surface area contributed by atoms with Crippen molar-refractivity contribution >= 4 is 17.9 Å². The fourth-order valence-corrected chi connectivity index (χ4v) is 6.80. The summed E-state index contributed by atoms with van der Waals surface area (Å²) in [4.78, 5) is 37.9. The van der Waals surface area contributed by atoms with Gasteiger partial charge in [-0.25, -0.2) is 0 Å². The Balaban J connectivity index is 4.43. The molecule has 0 aromatic rings. The quantitative estimate of drug-likeness (QED) is 0.0262. The molecule has 0 heterocycles. The smallest absolute Gasteiger partial charge is 0.306 e. The summed E-state index contributed by atoms with van der Waals surface area (Å²) in [5.74, 6) is -1.01.